The number of benzene rings is 2. The van der Waals surface area contributed by atoms with Crippen LogP contribution in [0.1, 0.15) is 35.3 Å². The third-order valence-electron chi connectivity index (χ3n) is 5.20. The van der Waals surface area contributed by atoms with Crippen molar-refractivity contribution in [3.05, 3.63) is 93.8 Å². The van der Waals surface area contributed by atoms with Crippen LogP contribution in [0.15, 0.2) is 75.0 Å². The third-order valence-corrected chi connectivity index (χ3v) is 5.70. The van der Waals surface area contributed by atoms with Crippen LogP contribution in [0.2, 0.25) is 0 Å². The van der Waals surface area contributed by atoms with Gasteiger partial charge in [0, 0.05) is 15.6 Å². The minimum Gasteiger partial charge on any atom is -0.462 e. The van der Waals surface area contributed by atoms with Crippen LogP contribution in [0.4, 0.5) is 4.39 Å². The summed E-state index contributed by atoms with van der Waals surface area (Å²) in [6.07, 6.45) is 3.45. The molecule has 0 spiro atoms. The van der Waals surface area contributed by atoms with Gasteiger partial charge >= 0.3 is 0 Å². The third kappa shape index (κ3) is 2.86. The molecule has 144 valence electrons. The number of fused-ring (bicyclic) bond motifs is 3. The Morgan fingerprint density at radius 3 is 2.69 bits per heavy atom. The first-order valence-electron chi connectivity index (χ1n) is 9.29. The Hall–Kier alpha value is -2.99. The summed E-state index contributed by atoms with van der Waals surface area (Å²) in [5, 5.41) is 0. The molecule has 0 radical (unpaired) electrons. The zero-order valence-corrected chi connectivity index (χ0v) is 17.4. The number of hydrogen-bond donors (Lipinski definition) is 0. The van der Waals surface area contributed by atoms with E-state index < -0.39 is 0 Å². The summed E-state index contributed by atoms with van der Waals surface area (Å²) in [5.41, 5.74) is 5.53. The average Bonchev–Trinajstić information content (AvgIpc) is 3.30. The number of furan rings is 1. The van der Waals surface area contributed by atoms with Gasteiger partial charge in [-0.25, -0.2) is 9.37 Å². The lowest BCUT2D eigenvalue weighted by Crippen LogP contribution is -2.09. The number of halogens is 2. The molecule has 0 saturated heterocycles. The van der Waals surface area contributed by atoms with E-state index >= 15 is 0 Å². The highest BCUT2D eigenvalue weighted by Crippen LogP contribution is 2.38. The van der Waals surface area contributed by atoms with Crippen molar-refractivity contribution in [1.82, 2.24) is 9.55 Å². The van der Waals surface area contributed by atoms with E-state index in [2.05, 4.69) is 20.9 Å². The van der Waals surface area contributed by atoms with E-state index in [-0.39, 0.29) is 11.9 Å². The molecule has 29 heavy (non-hydrogen) atoms. The summed E-state index contributed by atoms with van der Waals surface area (Å²) in [6, 6.07) is 14.3. The summed E-state index contributed by atoms with van der Waals surface area (Å²) in [6.45, 7) is 3.99. The Morgan fingerprint density at radius 1 is 1.10 bits per heavy atom. The molecule has 1 atom stereocenters. The Balaban J connectivity index is 1.82. The number of aliphatic imine (C=N–C) groups is 1. The van der Waals surface area contributed by atoms with Crippen LogP contribution >= 0.6 is 15.9 Å². The SMILES string of the molecule is Cc1ccoc1-c1ncn2c1[C@@H](C)N=C(c1ccccc1F)c1cc(Br)ccc1-2. The largest absolute Gasteiger partial charge is 0.462 e. The van der Waals surface area contributed by atoms with E-state index in [1.807, 2.05) is 48.7 Å². The molecule has 4 aromatic rings. The predicted octanol–water partition coefficient (Wildman–Crippen LogP) is 6.25. The van der Waals surface area contributed by atoms with Gasteiger partial charge in [-0.2, -0.15) is 0 Å². The van der Waals surface area contributed by atoms with Gasteiger partial charge in [0.25, 0.3) is 0 Å². The molecule has 0 aliphatic carbocycles. The molecule has 4 nitrogen and oxygen atoms in total. The first-order chi connectivity index (χ1) is 14.0. The highest BCUT2D eigenvalue weighted by Gasteiger charge is 2.28. The van der Waals surface area contributed by atoms with E-state index in [0.717, 1.165) is 38.4 Å². The van der Waals surface area contributed by atoms with Crippen LogP contribution in [0.3, 0.4) is 0 Å². The fourth-order valence-electron chi connectivity index (χ4n) is 3.84. The van der Waals surface area contributed by atoms with Crippen molar-refractivity contribution < 1.29 is 8.81 Å². The maximum Gasteiger partial charge on any atom is 0.157 e. The fraction of sp³-hybridized carbons (Fsp3) is 0.130. The molecule has 0 saturated carbocycles. The quantitative estimate of drug-likeness (QED) is 0.362. The molecule has 5 rings (SSSR count). The highest BCUT2D eigenvalue weighted by molar-refractivity contribution is 9.10. The molecule has 2 aromatic heterocycles. The first kappa shape index (κ1) is 18.1. The van der Waals surface area contributed by atoms with Crippen molar-refractivity contribution in [3.63, 3.8) is 0 Å². The van der Waals surface area contributed by atoms with E-state index in [4.69, 9.17) is 9.41 Å². The lowest BCUT2D eigenvalue weighted by Gasteiger charge is -2.12. The van der Waals surface area contributed by atoms with Gasteiger partial charge in [-0.05, 0) is 55.8 Å². The molecule has 0 fully saturated rings. The molecule has 1 aliphatic rings. The number of imidazole rings is 1. The molecular weight excluding hydrogens is 433 g/mol. The summed E-state index contributed by atoms with van der Waals surface area (Å²) >= 11 is 3.55. The van der Waals surface area contributed by atoms with Gasteiger partial charge in [-0.15, -0.1) is 0 Å². The molecule has 0 bridgehead atoms. The Kier molecular flexibility index (Phi) is 4.24. The molecule has 3 heterocycles. The number of hydrogen-bond acceptors (Lipinski definition) is 3. The van der Waals surface area contributed by atoms with Gasteiger partial charge in [0.05, 0.1) is 29.4 Å². The van der Waals surface area contributed by atoms with Crippen molar-refractivity contribution in [2.45, 2.75) is 19.9 Å². The zero-order chi connectivity index (χ0) is 20.1. The van der Waals surface area contributed by atoms with Crippen molar-refractivity contribution in [2.75, 3.05) is 0 Å². The van der Waals surface area contributed by atoms with E-state index in [0.29, 0.717) is 11.3 Å². The van der Waals surface area contributed by atoms with Gasteiger partial charge in [-0.3, -0.25) is 9.56 Å². The topological polar surface area (TPSA) is 43.3 Å². The average molecular weight is 450 g/mol. The second-order valence-electron chi connectivity index (χ2n) is 7.08. The Morgan fingerprint density at radius 2 is 1.93 bits per heavy atom. The van der Waals surface area contributed by atoms with Crippen LogP contribution in [0, 0.1) is 12.7 Å². The monoisotopic (exact) mass is 449 g/mol. The van der Waals surface area contributed by atoms with Crippen LogP contribution in [0.25, 0.3) is 17.1 Å². The predicted molar refractivity (Wildman–Crippen MR) is 114 cm³/mol. The summed E-state index contributed by atoms with van der Waals surface area (Å²) in [5.74, 6) is 0.435. The number of aryl methyl sites for hydroxylation is 1. The van der Waals surface area contributed by atoms with E-state index in [1.165, 1.54) is 6.07 Å². The number of rotatable bonds is 2. The van der Waals surface area contributed by atoms with Crippen LogP contribution in [0.5, 0.6) is 0 Å². The van der Waals surface area contributed by atoms with E-state index in [9.17, 15) is 4.39 Å². The molecule has 0 unspecified atom stereocenters. The molecule has 0 amide bonds. The van der Waals surface area contributed by atoms with Crippen molar-refractivity contribution in [1.29, 1.82) is 0 Å². The molecule has 6 heteroatoms. The lowest BCUT2D eigenvalue weighted by molar-refractivity contribution is 0.576. The van der Waals surface area contributed by atoms with Gasteiger partial charge in [0.15, 0.2) is 5.76 Å². The van der Waals surface area contributed by atoms with Crippen LogP contribution in [-0.2, 0) is 0 Å². The van der Waals surface area contributed by atoms with Crippen LogP contribution in [-0.4, -0.2) is 15.3 Å². The first-order valence-corrected chi connectivity index (χ1v) is 10.1. The minimum atomic E-state index is -0.295. The minimum absolute atomic E-state index is 0.252. The van der Waals surface area contributed by atoms with Gasteiger partial charge < -0.3 is 4.42 Å². The van der Waals surface area contributed by atoms with Crippen molar-refractivity contribution >= 4 is 21.6 Å². The van der Waals surface area contributed by atoms with Crippen molar-refractivity contribution in [3.8, 4) is 17.1 Å². The Labute approximate surface area is 175 Å². The van der Waals surface area contributed by atoms with Crippen LogP contribution < -0.4 is 0 Å². The standard InChI is InChI=1S/C23H17BrFN3O/c1-13-9-10-29-23(13)21-22-14(2)27-20(16-5-3-4-6-18(16)25)17-11-15(24)7-8-19(17)28(22)12-26-21/h3-12,14H,1-2H3/t14-/m1/s1. The number of nitrogens with zero attached hydrogens (tertiary/aromatic N) is 3. The lowest BCUT2D eigenvalue weighted by atomic mass is 10.00. The fourth-order valence-corrected chi connectivity index (χ4v) is 4.20. The molecule has 1 aliphatic heterocycles. The maximum atomic E-state index is 14.7. The smallest absolute Gasteiger partial charge is 0.157 e. The second-order valence-corrected chi connectivity index (χ2v) is 7.99. The number of aromatic nitrogens is 2. The molecule has 0 N–H and O–H groups in total. The summed E-state index contributed by atoms with van der Waals surface area (Å²) < 4.78 is 23.4. The van der Waals surface area contributed by atoms with Gasteiger partial charge in [0.1, 0.15) is 17.8 Å². The summed E-state index contributed by atoms with van der Waals surface area (Å²) in [4.78, 5) is 9.60. The van der Waals surface area contributed by atoms with Gasteiger partial charge in [0.2, 0.25) is 0 Å². The molecule has 2 aromatic carbocycles. The van der Waals surface area contributed by atoms with Crippen molar-refractivity contribution in [2.24, 2.45) is 4.99 Å². The molecular formula is C23H17BrFN3O. The Bertz CT molecular complexity index is 1270. The maximum absolute atomic E-state index is 14.7. The van der Waals surface area contributed by atoms with Gasteiger partial charge in [-0.1, -0.05) is 28.1 Å². The highest BCUT2D eigenvalue weighted by atomic mass is 79.9. The normalized spacial score (nSPS) is 15.4. The second kappa shape index (κ2) is 6.81. The van der Waals surface area contributed by atoms with E-state index in [1.54, 1.807) is 24.7 Å². The summed E-state index contributed by atoms with van der Waals surface area (Å²) in [7, 11) is 0. The zero-order valence-electron chi connectivity index (χ0n) is 15.9.